The van der Waals surface area contributed by atoms with Crippen LogP contribution in [-0.4, -0.2) is 35.1 Å². The molecule has 2 aliphatic rings. The highest BCUT2D eigenvalue weighted by Gasteiger charge is 2.29. The molecule has 3 heteroatoms. The molecule has 1 saturated heterocycles. The third kappa shape index (κ3) is 3.20. The number of likely N-dealkylation sites (N-methyl/N-ethyl adjacent to an activating group) is 1. The van der Waals surface area contributed by atoms with Crippen molar-refractivity contribution >= 4 is 23.5 Å². The van der Waals surface area contributed by atoms with Crippen molar-refractivity contribution in [3.63, 3.8) is 0 Å². The van der Waals surface area contributed by atoms with Gasteiger partial charge in [-0.05, 0) is 49.4 Å². The highest BCUT2D eigenvalue weighted by molar-refractivity contribution is 8.07. The van der Waals surface area contributed by atoms with E-state index in [2.05, 4.69) is 61.0 Å². The monoisotopic (exact) mass is 307 g/mol. The Bertz CT molecular complexity index is 460. The van der Waals surface area contributed by atoms with E-state index in [1.165, 1.54) is 42.8 Å². The molecule has 0 bridgehead atoms. The fraction of sp³-hybridized carbons (Fsp3) is 0.647. The molecule has 0 spiro atoms. The zero-order chi connectivity index (χ0) is 13.9. The van der Waals surface area contributed by atoms with Crippen LogP contribution in [0.2, 0.25) is 0 Å². The molecule has 3 unspecified atom stereocenters. The average Bonchev–Trinajstić information content (AvgIpc) is 2.93. The number of thioether (sulfide) groups is 2. The first-order valence-corrected chi connectivity index (χ1v) is 9.89. The number of rotatable bonds is 4. The number of benzene rings is 1. The van der Waals surface area contributed by atoms with E-state index in [9.17, 15) is 0 Å². The highest BCUT2D eigenvalue weighted by Crippen LogP contribution is 2.34. The summed E-state index contributed by atoms with van der Waals surface area (Å²) >= 11 is 4.31. The molecular formula is C17H25NS2. The van der Waals surface area contributed by atoms with Crippen LogP contribution < -0.4 is 5.32 Å². The van der Waals surface area contributed by atoms with Crippen LogP contribution in [-0.2, 0) is 19.3 Å². The van der Waals surface area contributed by atoms with E-state index < -0.39 is 0 Å². The van der Waals surface area contributed by atoms with Crippen molar-refractivity contribution in [3.05, 3.63) is 34.9 Å². The average molecular weight is 308 g/mol. The first-order chi connectivity index (χ1) is 9.78. The Kier molecular flexibility index (Phi) is 5.00. The molecule has 1 fully saturated rings. The predicted octanol–water partition coefficient (Wildman–Crippen LogP) is 3.54. The van der Waals surface area contributed by atoms with Crippen LogP contribution in [0, 0.1) is 0 Å². The van der Waals surface area contributed by atoms with E-state index in [-0.39, 0.29) is 0 Å². The molecule has 3 atom stereocenters. The van der Waals surface area contributed by atoms with E-state index in [1.54, 1.807) is 11.1 Å². The van der Waals surface area contributed by atoms with Crippen LogP contribution in [0.25, 0.3) is 0 Å². The molecule has 1 N–H and O–H groups in total. The molecule has 1 aromatic rings. The van der Waals surface area contributed by atoms with Crippen molar-refractivity contribution in [2.45, 2.75) is 49.1 Å². The van der Waals surface area contributed by atoms with E-state index in [0.29, 0.717) is 6.04 Å². The molecule has 1 aliphatic heterocycles. The Balaban J connectivity index is 1.71. The van der Waals surface area contributed by atoms with Crippen molar-refractivity contribution in [2.24, 2.45) is 0 Å². The normalized spacial score (nSPS) is 27.3. The summed E-state index contributed by atoms with van der Waals surface area (Å²) in [4.78, 5) is 0. The van der Waals surface area contributed by atoms with Crippen LogP contribution in [0.1, 0.15) is 30.0 Å². The SMILES string of the molecule is CNC(Cc1ccc2c(c1)CCC2)C1SCCSC1C. The first-order valence-electron chi connectivity index (χ1n) is 7.79. The van der Waals surface area contributed by atoms with Gasteiger partial charge in [-0.15, -0.1) is 0 Å². The molecule has 0 radical (unpaired) electrons. The van der Waals surface area contributed by atoms with Gasteiger partial charge in [0, 0.05) is 28.0 Å². The number of fused-ring (bicyclic) bond motifs is 1. The third-order valence-electron chi connectivity index (χ3n) is 4.62. The van der Waals surface area contributed by atoms with Crippen LogP contribution in [0.5, 0.6) is 0 Å². The molecule has 0 aromatic heterocycles. The van der Waals surface area contributed by atoms with Gasteiger partial charge in [0.1, 0.15) is 0 Å². The Morgan fingerprint density at radius 3 is 2.80 bits per heavy atom. The number of nitrogens with one attached hydrogen (secondary N) is 1. The zero-order valence-electron chi connectivity index (χ0n) is 12.5. The highest BCUT2D eigenvalue weighted by atomic mass is 32.2. The summed E-state index contributed by atoms with van der Waals surface area (Å²) in [5.74, 6) is 2.62. The Hall–Kier alpha value is -0.120. The molecule has 1 heterocycles. The molecule has 20 heavy (non-hydrogen) atoms. The summed E-state index contributed by atoms with van der Waals surface area (Å²) in [6, 6.07) is 7.80. The molecule has 0 amide bonds. The molecule has 110 valence electrons. The van der Waals surface area contributed by atoms with Gasteiger partial charge >= 0.3 is 0 Å². The lowest BCUT2D eigenvalue weighted by Gasteiger charge is -2.34. The topological polar surface area (TPSA) is 12.0 Å². The summed E-state index contributed by atoms with van der Waals surface area (Å²) in [6.07, 6.45) is 5.10. The van der Waals surface area contributed by atoms with Crippen molar-refractivity contribution in [1.82, 2.24) is 5.32 Å². The Morgan fingerprint density at radius 1 is 1.20 bits per heavy atom. The minimum absolute atomic E-state index is 0.599. The van der Waals surface area contributed by atoms with Crippen LogP contribution in [0.3, 0.4) is 0 Å². The van der Waals surface area contributed by atoms with Gasteiger partial charge in [-0.1, -0.05) is 25.1 Å². The van der Waals surface area contributed by atoms with E-state index in [0.717, 1.165) is 10.5 Å². The summed E-state index contributed by atoms with van der Waals surface area (Å²) in [7, 11) is 2.13. The lowest BCUT2D eigenvalue weighted by Crippen LogP contribution is -2.44. The van der Waals surface area contributed by atoms with E-state index >= 15 is 0 Å². The van der Waals surface area contributed by atoms with Gasteiger partial charge in [-0.3, -0.25) is 0 Å². The van der Waals surface area contributed by atoms with E-state index in [1.807, 2.05) is 0 Å². The molecular weight excluding hydrogens is 282 g/mol. The van der Waals surface area contributed by atoms with Gasteiger partial charge in [0.25, 0.3) is 0 Å². The number of hydrogen-bond acceptors (Lipinski definition) is 3. The Morgan fingerprint density at radius 2 is 2.00 bits per heavy atom. The van der Waals surface area contributed by atoms with Gasteiger partial charge in [0.05, 0.1) is 0 Å². The standard InChI is InChI=1S/C17H25NS2/c1-12-17(20-9-8-19-12)16(18-2)11-13-6-7-14-4-3-5-15(14)10-13/h6-7,10,12,16-18H,3-5,8-9,11H2,1-2H3. The third-order valence-corrected chi connectivity index (χ3v) is 7.87. The Labute approximate surface area is 131 Å². The van der Waals surface area contributed by atoms with Gasteiger partial charge < -0.3 is 5.32 Å². The summed E-state index contributed by atoms with van der Waals surface area (Å²) in [5.41, 5.74) is 4.72. The molecule has 1 nitrogen and oxygen atoms in total. The lowest BCUT2D eigenvalue weighted by atomic mass is 9.98. The second-order valence-corrected chi connectivity index (χ2v) is 8.74. The smallest absolute Gasteiger partial charge is 0.0320 e. The maximum atomic E-state index is 3.58. The largest absolute Gasteiger partial charge is 0.316 e. The molecule has 1 aliphatic carbocycles. The quantitative estimate of drug-likeness (QED) is 0.914. The fourth-order valence-corrected chi connectivity index (χ4v) is 6.48. The van der Waals surface area contributed by atoms with Crippen LogP contribution in [0.4, 0.5) is 0 Å². The van der Waals surface area contributed by atoms with Gasteiger partial charge in [-0.2, -0.15) is 23.5 Å². The van der Waals surface area contributed by atoms with E-state index in [4.69, 9.17) is 0 Å². The lowest BCUT2D eigenvalue weighted by molar-refractivity contribution is 0.530. The molecule has 0 saturated carbocycles. The van der Waals surface area contributed by atoms with Gasteiger partial charge in [0.15, 0.2) is 0 Å². The maximum Gasteiger partial charge on any atom is 0.0320 e. The summed E-state index contributed by atoms with van der Waals surface area (Å²) in [6.45, 7) is 2.40. The van der Waals surface area contributed by atoms with Crippen molar-refractivity contribution in [1.29, 1.82) is 0 Å². The summed E-state index contributed by atoms with van der Waals surface area (Å²) < 4.78 is 0. The minimum atomic E-state index is 0.599. The van der Waals surface area contributed by atoms with Crippen molar-refractivity contribution in [3.8, 4) is 0 Å². The second-order valence-electron chi connectivity index (χ2n) is 5.97. The minimum Gasteiger partial charge on any atom is -0.316 e. The molecule has 3 rings (SSSR count). The fourth-order valence-electron chi connectivity index (χ4n) is 3.48. The summed E-state index contributed by atoms with van der Waals surface area (Å²) in [5, 5.41) is 5.09. The zero-order valence-corrected chi connectivity index (χ0v) is 14.2. The second kappa shape index (κ2) is 6.76. The number of hydrogen-bond donors (Lipinski definition) is 1. The number of aryl methyl sites for hydroxylation is 2. The van der Waals surface area contributed by atoms with Crippen LogP contribution in [0.15, 0.2) is 18.2 Å². The predicted molar refractivity (Wildman–Crippen MR) is 93.2 cm³/mol. The van der Waals surface area contributed by atoms with Crippen molar-refractivity contribution < 1.29 is 0 Å². The van der Waals surface area contributed by atoms with Crippen molar-refractivity contribution in [2.75, 3.05) is 18.6 Å². The van der Waals surface area contributed by atoms with Crippen LogP contribution >= 0.6 is 23.5 Å². The van der Waals surface area contributed by atoms with Gasteiger partial charge in [-0.25, -0.2) is 0 Å². The molecule has 1 aromatic carbocycles. The maximum absolute atomic E-state index is 3.58. The van der Waals surface area contributed by atoms with Gasteiger partial charge in [0.2, 0.25) is 0 Å². The first kappa shape index (κ1) is 14.8.